The lowest BCUT2D eigenvalue weighted by Crippen LogP contribution is -2.41. The molecule has 0 saturated carbocycles. The van der Waals surface area contributed by atoms with Crippen LogP contribution in [0.1, 0.15) is 38.8 Å². The molecule has 3 rings (SSSR count). The first-order valence-corrected chi connectivity index (χ1v) is 8.13. The normalized spacial score (nSPS) is 19.2. The van der Waals surface area contributed by atoms with Gasteiger partial charge in [-0.25, -0.2) is 4.39 Å². The first-order chi connectivity index (χ1) is 11.5. The SMILES string of the molecule is CC1(C)OB(c2ccc(C(F)(F)c3ccccc3)c(F)c2)OC1(C)C. The van der Waals surface area contributed by atoms with Gasteiger partial charge in [-0.15, -0.1) is 0 Å². The average Bonchev–Trinajstić information content (AvgIpc) is 2.76. The Bertz CT molecular complexity index is 759. The summed E-state index contributed by atoms with van der Waals surface area (Å²) < 4.78 is 55.4. The van der Waals surface area contributed by atoms with Crippen molar-refractivity contribution in [3.05, 3.63) is 65.5 Å². The molecule has 1 heterocycles. The van der Waals surface area contributed by atoms with Gasteiger partial charge in [-0.2, -0.15) is 8.78 Å². The van der Waals surface area contributed by atoms with Crippen molar-refractivity contribution in [3.63, 3.8) is 0 Å². The van der Waals surface area contributed by atoms with Crippen LogP contribution >= 0.6 is 0 Å². The van der Waals surface area contributed by atoms with Crippen molar-refractivity contribution in [1.82, 2.24) is 0 Å². The minimum absolute atomic E-state index is 0.253. The third kappa shape index (κ3) is 3.09. The molecule has 132 valence electrons. The number of alkyl halides is 2. The fourth-order valence-corrected chi connectivity index (χ4v) is 2.71. The van der Waals surface area contributed by atoms with Gasteiger partial charge in [-0.3, -0.25) is 0 Å². The Labute approximate surface area is 146 Å². The molecule has 1 aliphatic heterocycles. The summed E-state index contributed by atoms with van der Waals surface area (Å²) >= 11 is 0. The molecule has 0 spiro atoms. The molecule has 6 heteroatoms. The van der Waals surface area contributed by atoms with Gasteiger partial charge in [0.2, 0.25) is 0 Å². The van der Waals surface area contributed by atoms with Gasteiger partial charge in [0.15, 0.2) is 0 Å². The predicted molar refractivity (Wildman–Crippen MR) is 91.6 cm³/mol. The van der Waals surface area contributed by atoms with Gasteiger partial charge in [0.25, 0.3) is 0 Å². The van der Waals surface area contributed by atoms with Crippen LogP contribution in [0, 0.1) is 5.82 Å². The average molecular weight is 348 g/mol. The Kier molecular flexibility index (Phi) is 4.24. The Morgan fingerprint density at radius 3 is 1.96 bits per heavy atom. The summed E-state index contributed by atoms with van der Waals surface area (Å²) in [5.41, 5.74) is -1.71. The van der Waals surface area contributed by atoms with E-state index in [1.165, 1.54) is 30.3 Å². The second kappa shape index (κ2) is 5.89. The number of benzene rings is 2. The van der Waals surface area contributed by atoms with E-state index in [4.69, 9.17) is 9.31 Å². The van der Waals surface area contributed by atoms with E-state index in [1.807, 2.05) is 27.7 Å². The molecule has 0 radical (unpaired) electrons. The Hall–Kier alpha value is -1.79. The van der Waals surface area contributed by atoms with E-state index in [-0.39, 0.29) is 5.56 Å². The van der Waals surface area contributed by atoms with Crippen LogP contribution in [0.4, 0.5) is 13.2 Å². The van der Waals surface area contributed by atoms with E-state index in [0.717, 1.165) is 12.1 Å². The van der Waals surface area contributed by atoms with Crippen LogP contribution in [0.3, 0.4) is 0 Å². The number of hydrogen-bond acceptors (Lipinski definition) is 2. The molecule has 25 heavy (non-hydrogen) atoms. The maximum atomic E-state index is 14.6. The van der Waals surface area contributed by atoms with Gasteiger partial charge in [-0.1, -0.05) is 42.5 Å². The van der Waals surface area contributed by atoms with Gasteiger partial charge in [0, 0.05) is 5.56 Å². The molecule has 0 N–H and O–H groups in total. The van der Waals surface area contributed by atoms with Crippen molar-refractivity contribution in [2.24, 2.45) is 0 Å². The topological polar surface area (TPSA) is 18.5 Å². The quantitative estimate of drug-likeness (QED) is 0.772. The maximum Gasteiger partial charge on any atom is 0.494 e. The zero-order valence-electron chi connectivity index (χ0n) is 14.6. The van der Waals surface area contributed by atoms with E-state index < -0.39 is 35.6 Å². The molecule has 1 saturated heterocycles. The molecule has 0 atom stereocenters. The third-order valence-electron chi connectivity index (χ3n) is 4.99. The fourth-order valence-electron chi connectivity index (χ4n) is 2.71. The van der Waals surface area contributed by atoms with Crippen LogP contribution < -0.4 is 5.46 Å². The number of halogens is 3. The van der Waals surface area contributed by atoms with Gasteiger partial charge in [-0.05, 0) is 39.2 Å². The molecule has 0 aromatic heterocycles. The lowest BCUT2D eigenvalue weighted by molar-refractivity contribution is 0.00578. The zero-order valence-corrected chi connectivity index (χ0v) is 14.6. The van der Waals surface area contributed by atoms with Crippen molar-refractivity contribution < 1.29 is 22.5 Å². The van der Waals surface area contributed by atoms with Crippen LogP contribution in [-0.4, -0.2) is 18.3 Å². The highest BCUT2D eigenvalue weighted by Crippen LogP contribution is 2.38. The Balaban J connectivity index is 1.93. The highest BCUT2D eigenvalue weighted by molar-refractivity contribution is 6.62. The zero-order chi connectivity index (χ0) is 18.5. The minimum Gasteiger partial charge on any atom is -0.399 e. The van der Waals surface area contributed by atoms with Gasteiger partial charge in [0.05, 0.1) is 16.8 Å². The first kappa shape index (κ1) is 18.0. The molecule has 1 aliphatic rings. The Morgan fingerprint density at radius 2 is 1.44 bits per heavy atom. The summed E-state index contributed by atoms with van der Waals surface area (Å²) in [7, 11) is -0.793. The van der Waals surface area contributed by atoms with Crippen LogP contribution in [0.25, 0.3) is 0 Å². The van der Waals surface area contributed by atoms with Crippen molar-refractivity contribution in [3.8, 4) is 0 Å². The van der Waals surface area contributed by atoms with Crippen molar-refractivity contribution in [1.29, 1.82) is 0 Å². The molecule has 0 aliphatic carbocycles. The van der Waals surface area contributed by atoms with Gasteiger partial charge >= 0.3 is 13.0 Å². The summed E-state index contributed by atoms with van der Waals surface area (Å²) in [6, 6.07) is 10.8. The summed E-state index contributed by atoms with van der Waals surface area (Å²) in [6.07, 6.45) is 0. The van der Waals surface area contributed by atoms with Crippen molar-refractivity contribution >= 4 is 12.6 Å². The number of hydrogen-bond donors (Lipinski definition) is 0. The molecule has 2 nitrogen and oxygen atoms in total. The van der Waals surface area contributed by atoms with Crippen molar-refractivity contribution in [2.75, 3.05) is 0 Å². The van der Waals surface area contributed by atoms with E-state index in [1.54, 1.807) is 6.07 Å². The van der Waals surface area contributed by atoms with Crippen LogP contribution in [0.15, 0.2) is 48.5 Å². The van der Waals surface area contributed by atoms with E-state index in [9.17, 15) is 13.2 Å². The molecule has 0 amide bonds. The summed E-state index contributed by atoms with van der Waals surface area (Å²) in [4.78, 5) is 0. The second-order valence-electron chi connectivity index (χ2n) is 7.27. The van der Waals surface area contributed by atoms with Crippen molar-refractivity contribution in [2.45, 2.75) is 44.8 Å². The largest absolute Gasteiger partial charge is 0.494 e. The van der Waals surface area contributed by atoms with Crippen LogP contribution in [0.5, 0.6) is 0 Å². The van der Waals surface area contributed by atoms with Gasteiger partial charge in [0.1, 0.15) is 5.82 Å². The van der Waals surface area contributed by atoms with E-state index >= 15 is 0 Å². The predicted octanol–water partition coefficient (Wildman–Crippen LogP) is 4.27. The smallest absolute Gasteiger partial charge is 0.399 e. The monoisotopic (exact) mass is 348 g/mol. The first-order valence-electron chi connectivity index (χ1n) is 8.13. The molecule has 2 aromatic carbocycles. The van der Waals surface area contributed by atoms with Crippen LogP contribution in [0.2, 0.25) is 0 Å². The van der Waals surface area contributed by atoms with Gasteiger partial charge < -0.3 is 9.31 Å². The summed E-state index contributed by atoms with van der Waals surface area (Å²) in [5, 5.41) is 0. The fraction of sp³-hybridized carbons (Fsp3) is 0.368. The standard InChI is InChI=1S/C19H20BF3O2/c1-17(2)18(3,4)25-20(24-17)14-10-11-15(16(21)12-14)19(22,23)13-8-6-5-7-9-13/h5-12H,1-4H3. The number of rotatable bonds is 3. The lowest BCUT2D eigenvalue weighted by Gasteiger charge is -2.32. The van der Waals surface area contributed by atoms with Crippen LogP contribution in [-0.2, 0) is 15.2 Å². The van der Waals surface area contributed by atoms with E-state index in [2.05, 4.69) is 0 Å². The Morgan fingerprint density at radius 1 is 0.880 bits per heavy atom. The lowest BCUT2D eigenvalue weighted by atomic mass is 9.78. The third-order valence-corrected chi connectivity index (χ3v) is 4.99. The highest BCUT2D eigenvalue weighted by atomic mass is 19.3. The molecule has 2 aromatic rings. The summed E-state index contributed by atoms with van der Waals surface area (Å²) in [6.45, 7) is 7.51. The molecule has 0 unspecified atom stereocenters. The minimum atomic E-state index is -3.42. The molecular weight excluding hydrogens is 328 g/mol. The summed E-state index contributed by atoms with van der Waals surface area (Å²) in [5.74, 6) is -4.40. The van der Waals surface area contributed by atoms with E-state index in [0.29, 0.717) is 5.46 Å². The molecule has 0 bridgehead atoms. The molecular formula is C19H20BF3O2. The maximum absolute atomic E-state index is 14.6. The molecule has 1 fully saturated rings. The second-order valence-corrected chi connectivity index (χ2v) is 7.27. The highest BCUT2D eigenvalue weighted by Gasteiger charge is 2.52.